The van der Waals surface area contributed by atoms with Crippen LogP contribution in [-0.2, 0) is 0 Å². The standard InChI is InChI=1S/C17H18ClO2P.Li.H/c1-11(2)20-13-8-9-16(15(18)10-13)21-17(19)14-7-5-4-6-12(14)3;;/h4-11,21H,1-3H3;;/q;+1;-1. The molecule has 0 N–H and O–H groups in total. The minimum Gasteiger partial charge on any atom is -1.00 e. The van der Waals surface area contributed by atoms with E-state index in [1.807, 2.05) is 57.2 Å². The zero-order chi connectivity index (χ0) is 15.4. The van der Waals surface area contributed by atoms with E-state index in [1.165, 1.54) is 0 Å². The summed E-state index contributed by atoms with van der Waals surface area (Å²) >= 11 is 6.26. The molecule has 2 nitrogen and oxygen atoms in total. The summed E-state index contributed by atoms with van der Waals surface area (Å²) in [6.07, 6.45) is 0.1000. The maximum Gasteiger partial charge on any atom is 1.00 e. The Hall–Kier alpha value is -0.773. The van der Waals surface area contributed by atoms with Crippen molar-refractivity contribution >= 4 is 31.0 Å². The van der Waals surface area contributed by atoms with E-state index in [1.54, 1.807) is 6.07 Å². The predicted octanol–water partition coefficient (Wildman–Crippen LogP) is 1.70. The molecule has 2 aromatic carbocycles. The van der Waals surface area contributed by atoms with Crippen molar-refractivity contribution < 1.29 is 29.8 Å². The Labute approximate surface area is 152 Å². The first-order valence-electron chi connectivity index (χ1n) is 6.80. The molecule has 0 radical (unpaired) electrons. The van der Waals surface area contributed by atoms with E-state index in [0.29, 0.717) is 5.02 Å². The van der Waals surface area contributed by atoms with Crippen molar-refractivity contribution in [2.75, 3.05) is 0 Å². The Bertz CT molecular complexity index is 665. The van der Waals surface area contributed by atoms with Gasteiger partial charge in [-0.1, -0.05) is 35.9 Å². The second kappa shape index (κ2) is 8.75. The summed E-state index contributed by atoms with van der Waals surface area (Å²) in [5, 5.41) is 1.43. The first-order valence-corrected chi connectivity index (χ1v) is 8.18. The van der Waals surface area contributed by atoms with Gasteiger partial charge in [0.15, 0.2) is 5.52 Å². The number of rotatable bonds is 5. The number of aryl methyl sites for hydroxylation is 1. The molecule has 0 saturated heterocycles. The van der Waals surface area contributed by atoms with Crippen LogP contribution >= 0.6 is 20.2 Å². The van der Waals surface area contributed by atoms with Gasteiger partial charge in [-0.2, -0.15) is 0 Å². The van der Waals surface area contributed by atoms with Crippen LogP contribution < -0.4 is 28.9 Å². The largest absolute Gasteiger partial charge is 1.00 e. The molecule has 0 aromatic heterocycles. The molecule has 0 amide bonds. The van der Waals surface area contributed by atoms with Crippen molar-refractivity contribution in [3.63, 3.8) is 0 Å². The van der Waals surface area contributed by atoms with Crippen LogP contribution in [0.1, 0.15) is 31.2 Å². The molecule has 112 valence electrons. The summed E-state index contributed by atoms with van der Waals surface area (Å²) in [6.45, 7) is 5.87. The van der Waals surface area contributed by atoms with Crippen molar-refractivity contribution in [3.05, 3.63) is 58.6 Å². The van der Waals surface area contributed by atoms with Gasteiger partial charge in [0.2, 0.25) is 0 Å². The first-order chi connectivity index (χ1) is 9.97. The Morgan fingerprint density at radius 3 is 2.50 bits per heavy atom. The van der Waals surface area contributed by atoms with Gasteiger partial charge in [0.25, 0.3) is 0 Å². The van der Waals surface area contributed by atoms with Crippen molar-refractivity contribution in [2.45, 2.75) is 26.9 Å². The Kier molecular flexibility index (Phi) is 7.67. The van der Waals surface area contributed by atoms with Crippen LogP contribution in [0.5, 0.6) is 5.75 Å². The van der Waals surface area contributed by atoms with Crippen molar-refractivity contribution in [1.29, 1.82) is 0 Å². The smallest absolute Gasteiger partial charge is 1.00 e. The second-order valence-corrected chi connectivity index (χ2v) is 6.73. The fourth-order valence-corrected chi connectivity index (χ4v) is 3.29. The topological polar surface area (TPSA) is 26.3 Å². The number of halogens is 1. The average Bonchev–Trinajstić information content (AvgIpc) is 2.41. The average molecular weight is 329 g/mol. The molecule has 1 unspecified atom stereocenters. The number of carbonyl (C=O) groups is 1. The fraction of sp³-hybridized carbons (Fsp3) is 0.235. The maximum absolute atomic E-state index is 12.4. The zero-order valence-electron chi connectivity index (χ0n) is 14.3. The van der Waals surface area contributed by atoms with Crippen LogP contribution in [0.25, 0.3) is 0 Å². The number of benzene rings is 2. The van der Waals surface area contributed by atoms with Crippen molar-refractivity contribution in [1.82, 2.24) is 0 Å². The van der Waals surface area contributed by atoms with Gasteiger partial charge in [-0.3, -0.25) is 4.79 Å². The second-order valence-electron chi connectivity index (χ2n) is 5.08. The molecule has 0 bridgehead atoms. The SMILES string of the molecule is Cc1ccccc1C(=O)Pc1ccc(OC(C)C)cc1Cl.[H-].[Li+]. The molecule has 22 heavy (non-hydrogen) atoms. The zero-order valence-corrected chi connectivity index (χ0v) is 15.1. The molecule has 0 aliphatic heterocycles. The van der Waals surface area contributed by atoms with Gasteiger partial charge in [-0.15, -0.1) is 0 Å². The van der Waals surface area contributed by atoms with Crippen LogP contribution in [0, 0.1) is 6.92 Å². The molecule has 0 heterocycles. The van der Waals surface area contributed by atoms with Gasteiger partial charge < -0.3 is 6.16 Å². The normalized spacial score (nSPS) is 10.8. The monoisotopic (exact) mass is 328 g/mol. The molecule has 1 atom stereocenters. The molecule has 0 saturated carbocycles. The molecular formula is C17H19ClLiO2P. The number of hydrogen-bond donors (Lipinski definition) is 0. The van der Waals surface area contributed by atoms with Crippen LogP contribution in [-0.4, -0.2) is 11.6 Å². The molecule has 5 heteroatoms. The van der Waals surface area contributed by atoms with Gasteiger partial charge in [-0.05, 0) is 58.4 Å². The van der Waals surface area contributed by atoms with Gasteiger partial charge in [0, 0.05) is 5.56 Å². The molecule has 0 aliphatic carbocycles. The van der Waals surface area contributed by atoms with Crippen LogP contribution in [0.15, 0.2) is 42.5 Å². The molecule has 0 aliphatic rings. The van der Waals surface area contributed by atoms with Gasteiger partial charge in [0.05, 0.1) is 11.1 Å². The van der Waals surface area contributed by atoms with Gasteiger partial charge in [-0.25, -0.2) is 0 Å². The van der Waals surface area contributed by atoms with E-state index in [0.717, 1.165) is 22.2 Å². The summed E-state index contributed by atoms with van der Waals surface area (Å²) in [5.41, 5.74) is 1.85. The minimum atomic E-state index is 0. The summed E-state index contributed by atoms with van der Waals surface area (Å²) in [7, 11) is 0.0168. The van der Waals surface area contributed by atoms with E-state index in [4.69, 9.17) is 16.3 Å². The summed E-state index contributed by atoms with van der Waals surface area (Å²) in [5.74, 6) is 0.729. The van der Waals surface area contributed by atoms with Gasteiger partial charge in [0.1, 0.15) is 5.75 Å². The third-order valence-electron chi connectivity index (χ3n) is 2.95. The van der Waals surface area contributed by atoms with E-state index in [9.17, 15) is 4.79 Å². The summed E-state index contributed by atoms with van der Waals surface area (Å²) in [4.78, 5) is 12.4. The molecular weight excluding hydrogens is 310 g/mol. The molecule has 0 spiro atoms. The molecule has 2 aromatic rings. The van der Waals surface area contributed by atoms with Crippen molar-refractivity contribution in [2.24, 2.45) is 0 Å². The Morgan fingerprint density at radius 1 is 1.23 bits per heavy atom. The van der Waals surface area contributed by atoms with E-state index >= 15 is 0 Å². The van der Waals surface area contributed by atoms with Crippen LogP contribution in [0.3, 0.4) is 0 Å². The number of carbonyl (C=O) groups excluding carboxylic acids is 1. The van der Waals surface area contributed by atoms with E-state index in [-0.39, 0.29) is 40.5 Å². The summed E-state index contributed by atoms with van der Waals surface area (Å²) in [6, 6.07) is 13.1. The van der Waals surface area contributed by atoms with Gasteiger partial charge >= 0.3 is 18.9 Å². The Morgan fingerprint density at radius 2 is 1.91 bits per heavy atom. The third-order valence-corrected chi connectivity index (χ3v) is 4.62. The molecule has 0 fully saturated rings. The number of hydrogen-bond acceptors (Lipinski definition) is 2. The van der Waals surface area contributed by atoms with Crippen molar-refractivity contribution in [3.8, 4) is 5.75 Å². The first kappa shape index (κ1) is 19.3. The van der Waals surface area contributed by atoms with Crippen LogP contribution in [0.2, 0.25) is 5.02 Å². The summed E-state index contributed by atoms with van der Waals surface area (Å²) < 4.78 is 5.59. The quantitative estimate of drug-likeness (QED) is 0.617. The minimum absolute atomic E-state index is 0. The van der Waals surface area contributed by atoms with E-state index < -0.39 is 0 Å². The molecule has 2 rings (SSSR count). The number of ether oxygens (including phenoxy) is 1. The maximum atomic E-state index is 12.4. The Balaban J connectivity index is 0.00000242. The van der Waals surface area contributed by atoms with Crippen LogP contribution in [0.4, 0.5) is 0 Å². The fourth-order valence-electron chi connectivity index (χ4n) is 1.96. The predicted molar refractivity (Wildman–Crippen MR) is 91.8 cm³/mol. The van der Waals surface area contributed by atoms with E-state index in [2.05, 4.69) is 0 Å². The third kappa shape index (κ3) is 5.15.